The van der Waals surface area contributed by atoms with Gasteiger partial charge in [0, 0.05) is 5.41 Å². The van der Waals surface area contributed by atoms with Gasteiger partial charge >= 0.3 is 14.7 Å². The smallest absolute Gasteiger partial charge is 0.493 e. The summed E-state index contributed by atoms with van der Waals surface area (Å²) < 4.78 is 29.5. The predicted octanol–water partition coefficient (Wildman–Crippen LogP) is 9.31. The van der Waals surface area contributed by atoms with Crippen molar-refractivity contribution in [3.8, 4) is 17.2 Å². The van der Waals surface area contributed by atoms with Crippen LogP contribution in [-0.4, -0.2) is 38.5 Å². The van der Waals surface area contributed by atoms with Gasteiger partial charge in [0.15, 0.2) is 28.1 Å². The molecule has 0 heterocycles. The minimum absolute atomic E-state index is 0.180. The number of aryl methyl sites for hydroxylation is 1. The molecule has 3 aromatic carbocycles. The Bertz CT molecular complexity index is 1320. The quantitative estimate of drug-likeness (QED) is 0.107. The van der Waals surface area contributed by atoms with Crippen molar-refractivity contribution < 1.29 is 27.2 Å². The van der Waals surface area contributed by atoms with Gasteiger partial charge in [0.1, 0.15) is 5.75 Å². The first-order valence-electron chi connectivity index (χ1n) is 14.6. The highest BCUT2D eigenvalue weighted by Gasteiger charge is 2.37. The molecular weight excluding hydrogens is 577 g/mol. The number of hydrogen-bond acceptors (Lipinski definition) is 6. The van der Waals surface area contributed by atoms with Crippen LogP contribution >= 0.6 is 0 Å². The summed E-state index contributed by atoms with van der Waals surface area (Å²) in [4.78, 5) is 12.6. The second-order valence-corrected chi connectivity index (χ2v) is 26.0. The second kappa shape index (κ2) is 13.7. The molecule has 3 rings (SSSR count). The fraction of sp³-hybridized carbons (Fsp3) is 0.424. The molecule has 0 amide bonds. The predicted molar refractivity (Wildman–Crippen MR) is 178 cm³/mol. The van der Waals surface area contributed by atoms with Crippen LogP contribution in [0.25, 0.3) is 0 Å². The van der Waals surface area contributed by atoms with Gasteiger partial charge in [-0.2, -0.15) is 0 Å². The average molecular weight is 625 g/mol. The van der Waals surface area contributed by atoms with E-state index in [-0.39, 0.29) is 5.41 Å². The summed E-state index contributed by atoms with van der Waals surface area (Å²) in [6.45, 7) is 19.9. The van der Waals surface area contributed by atoms with Crippen LogP contribution in [0.15, 0.2) is 72.8 Å². The van der Waals surface area contributed by atoms with E-state index in [0.717, 1.165) is 30.0 Å². The number of ether oxygens (including phenoxy) is 3. The molecule has 228 valence electrons. The average Bonchev–Trinajstić information content (AvgIpc) is 2.88. The van der Waals surface area contributed by atoms with Gasteiger partial charge in [-0.15, -0.1) is 0 Å². The molecule has 0 atom stereocenters. The number of carbonyl (C=O) groups excluding carboxylic acids is 1. The number of hydrogen-bond donors (Lipinski definition) is 0. The van der Waals surface area contributed by atoms with Crippen LogP contribution in [0.1, 0.15) is 37.0 Å². The van der Waals surface area contributed by atoms with Gasteiger partial charge in [-0.3, -0.25) is 0 Å². The van der Waals surface area contributed by atoms with E-state index in [1.807, 2.05) is 42.5 Å². The Labute approximate surface area is 255 Å². The Morgan fingerprint density at radius 3 is 1.95 bits per heavy atom. The highest BCUT2D eigenvalue weighted by atomic mass is 28.5. The SMILES string of the molecule is COc1cc(CCC[Si](C)(C)O[Si](C)(C)O[Si](C)(C)C)ccc1OC(=O)Oc1ccc(C(C)(C)c2ccccc2)cc1. The molecule has 42 heavy (non-hydrogen) atoms. The second-order valence-electron chi connectivity index (χ2n) is 13.3. The molecule has 0 spiro atoms. The summed E-state index contributed by atoms with van der Waals surface area (Å²) in [5.41, 5.74) is 3.27. The molecule has 0 saturated carbocycles. The first kappa shape index (κ1) is 33.8. The van der Waals surface area contributed by atoms with Crippen LogP contribution in [0.3, 0.4) is 0 Å². The van der Waals surface area contributed by atoms with Gasteiger partial charge in [0.2, 0.25) is 0 Å². The molecular formula is C33H48O6Si3. The largest absolute Gasteiger partial charge is 0.519 e. The van der Waals surface area contributed by atoms with Gasteiger partial charge in [-0.05, 0) is 106 Å². The summed E-state index contributed by atoms with van der Waals surface area (Å²) in [6, 6.07) is 24.5. The van der Waals surface area contributed by atoms with Gasteiger partial charge in [-0.1, -0.05) is 62.4 Å². The Morgan fingerprint density at radius 1 is 0.738 bits per heavy atom. The lowest BCUT2D eigenvalue weighted by molar-refractivity contribution is 0.150. The maximum absolute atomic E-state index is 12.6. The third-order valence-corrected chi connectivity index (χ3v) is 17.2. The van der Waals surface area contributed by atoms with Crippen molar-refractivity contribution in [2.75, 3.05) is 7.11 Å². The van der Waals surface area contributed by atoms with E-state index >= 15 is 0 Å². The van der Waals surface area contributed by atoms with Crippen LogP contribution in [0.2, 0.25) is 51.9 Å². The van der Waals surface area contributed by atoms with E-state index in [4.69, 9.17) is 22.4 Å². The van der Waals surface area contributed by atoms with Crippen molar-refractivity contribution in [2.24, 2.45) is 0 Å². The zero-order chi connectivity index (χ0) is 31.2. The van der Waals surface area contributed by atoms with Crippen molar-refractivity contribution >= 4 is 31.4 Å². The molecule has 0 unspecified atom stereocenters. The standard InChI is InChI=1S/C33H48O6Si3/c1-33(2,27-16-12-11-13-17-27)28-19-21-29(22-20-28)36-32(34)37-30-23-18-26(25-31(30)35-3)15-14-24-41(7,8)39-42(9,10)38-40(4,5)6/h11-13,16-23,25H,14-15,24H2,1-10H3. The zero-order valence-corrected chi connectivity index (χ0v) is 30.0. The first-order chi connectivity index (χ1) is 19.5. The molecule has 0 aliphatic rings. The Kier molecular flexibility index (Phi) is 11.0. The minimum atomic E-state index is -2.15. The molecule has 0 radical (unpaired) electrons. The van der Waals surface area contributed by atoms with Crippen molar-refractivity contribution in [1.82, 2.24) is 0 Å². The van der Waals surface area contributed by atoms with Gasteiger partial charge in [0.05, 0.1) is 7.11 Å². The molecule has 0 aromatic heterocycles. The van der Waals surface area contributed by atoms with Gasteiger partial charge < -0.3 is 22.4 Å². The summed E-state index contributed by atoms with van der Waals surface area (Å²) in [7, 11) is -4.10. The fourth-order valence-corrected chi connectivity index (χ4v) is 18.5. The lowest BCUT2D eigenvalue weighted by Crippen LogP contribution is -2.51. The minimum Gasteiger partial charge on any atom is -0.493 e. The monoisotopic (exact) mass is 624 g/mol. The molecule has 6 nitrogen and oxygen atoms in total. The highest BCUT2D eigenvalue weighted by molar-refractivity contribution is 6.87. The molecule has 0 bridgehead atoms. The van der Waals surface area contributed by atoms with Crippen LogP contribution in [-0.2, 0) is 20.1 Å². The number of rotatable bonds is 13. The lowest BCUT2D eigenvalue weighted by atomic mass is 9.78. The third-order valence-electron chi connectivity index (χ3n) is 7.01. The number of carbonyl (C=O) groups is 1. The number of benzene rings is 3. The highest BCUT2D eigenvalue weighted by Crippen LogP contribution is 2.33. The summed E-state index contributed by atoms with van der Waals surface area (Å²) in [6.07, 6.45) is 1.07. The lowest BCUT2D eigenvalue weighted by Gasteiger charge is -2.37. The molecule has 0 saturated heterocycles. The van der Waals surface area contributed by atoms with E-state index in [1.54, 1.807) is 25.3 Å². The maximum Gasteiger partial charge on any atom is 0.519 e. The first-order valence-corrected chi connectivity index (χ1v) is 24.0. The van der Waals surface area contributed by atoms with Crippen LogP contribution in [0.5, 0.6) is 17.2 Å². The van der Waals surface area contributed by atoms with Crippen molar-refractivity contribution in [3.05, 3.63) is 89.5 Å². The van der Waals surface area contributed by atoms with E-state index < -0.39 is 31.4 Å². The van der Waals surface area contributed by atoms with Crippen molar-refractivity contribution in [1.29, 1.82) is 0 Å². The van der Waals surface area contributed by atoms with Crippen LogP contribution < -0.4 is 14.2 Å². The zero-order valence-electron chi connectivity index (χ0n) is 27.0. The van der Waals surface area contributed by atoms with Crippen LogP contribution in [0.4, 0.5) is 4.79 Å². The normalized spacial score (nSPS) is 12.6. The van der Waals surface area contributed by atoms with E-state index in [0.29, 0.717) is 17.2 Å². The Morgan fingerprint density at radius 2 is 1.36 bits per heavy atom. The van der Waals surface area contributed by atoms with Gasteiger partial charge in [-0.25, -0.2) is 4.79 Å². The Balaban J connectivity index is 1.56. The van der Waals surface area contributed by atoms with Crippen molar-refractivity contribution in [3.63, 3.8) is 0 Å². The van der Waals surface area contributed by atoms with Crippen LogP contribution in [0, 0.1) is 0 Å². The van der Waals surface area contributed by atoms with E-state index in [9.17, 15) is 4.79 Å². The molecule has 9 heteroatoms. The van der Waals surface area contributed by atoms with E-state index in [1.165, 1.54) is 5.56 Å². The molecule has 0 fully saturated rings. The summed E-state index contributed by atoms with van der Waals surface area (Å²) >= 11 is 0. The van der Waals surface area contributed by atoms with Crippen molar-refractivity contribution in [2.45, 2.75) is 84.0 Å². The molecule has 3 aromatic rings. The third kappa shape index (κ3) is 10.2. The fourth-order valence-electron chi connectivity index (χ4n) is 5.31. The summed E-state index contributed by atoms with van der Waals surface area (Å²) in [5, 5.41) is 0. The molecule has 0 aliphatic heterocycles. The molecule has 0 aliphatic carbocycles. The number of methoxy groups -OCH3 is 1. The van der Waals surface area contributed by atoms with Gasteiger partial charge in [0.25, 0.3) is 0 Å². The maximum atomic E-state index is 12.6. The molecule has 0 N–H and O–H groups in total. The Hall–Kier alpha value is -2.70. The topological polar surface area (TPSA) is 63.2 Å². The van der Waals surface area contributed by atoms with E-state index in [2.05, 4.69) is 71.8 Å². The summed E-state index contributed by atoms with van der Waals surface area (Å²) in [5.74, 6) is 1.23.